The molecule has 0 aromatic carbocycles. The van der Waals surface area contributed by atoms with E-state index in [0.717, 1.165) is 31.2 Å². The normalized spacial score (nSPS) is 16.9. The quantitative estimate of drug-likeness (QED) is 0.861. The van der Waals surface area contributed by atoms with Crippen LogP contribution in [0.25, 0.3) is 0 Å². The lowest BCUT2D eigenvalue weighted by atomic mass is 10.3. The molecule has 0 saturated carbocycles. The molecular formula is C12H20N4OS. The van der Waals surface area contributed by atoms with E-state index in [2.05, 4.69) is 16.8 Å². The number of rotatable bonds is 2. The maximum atomic E-state index is 11.9. The smallest absolute Gasteiger partial charge is 0.265 e. The molecule has 1 aliphatic heterocycles. The van der Waals surface area contributed by atoms with Gasteiger partial charge in [-0.2, -0.15) is 0 Å². The molecule has 0 spiro atoms. The van der Waals surface area contributed by atoms with Gasteiger partial charge in [-0.25, -0.2) is 0 Å². The second-order valence-corrected chi connectivity index (χ2v) is 5.89. The number of thiophene rings is 1. The molecule has 5 nitrogen and oxygen atoms in total. The minimum absolute atomic E-state index is 0.0159. The lowest BCUT2D eigenvalue weighted by molar-refractivity contribution is 0.0833. The highest BCUT2D eigenvalue weighted by molar-refractivity contribution is 7.18. The SMILES string of the molecule is CN1CCN(c2cc(N)c(C(=O)N(C)C)s2)CC1. The summed E-state index contributed by atoms with van der Waals surface area (Å²) in [7, 11) is 5.62. The van der Waals surface area contributed by atoms with Gasteiger partial charge in [-0.3, -0.25) is 4.79 Å². The minimum Gasteiger partial charge on any atom is -0.397 e. The summed E-state index contributed by atoms with van der Waals surface area (Å²) in [6.45, 7) is 4.08. The molecule has 0 unspecified atom stereocenters. The maximum absolute atomic E-state index is 11.9. The van der Waals surface area contributed by atoms with Crippen LogP contribution in [-0.4, -0.2) is 63.0 Å². The highest BCUT2D eigenvalue weighted by atomic mass is 32.1. The number of nitrogen functional groups attached to an aromatic ring is 1. The van der Waals surface area contributed by atoms with Crippen LogP contribution >= 0.6 is 11.3 Å². The molecule has 6 heteroatoms. The van der Waals surface area contributed by atoms with Crippen LogP contribution in [0, 0.1) is 0 Å². The first-order valence-corrected chi connectivity index (χ1v) is 6.85. The van der Waals surface area contributed by atoms with Gasteiger partial charge in [0.2, 0.25) is 0 Å². The van der Waals surface area contributed by atoms with Gasteiger partial charge in [0.05, 0.1) is 10.7 Å². The number of piperazine rings is 1. The van der Waals surface area contributed by atoms with E-state index in [1.165, 1.54) is 11.3 Å². The number of anilines is 2. The number of likely N-dealkylation sites (N-methyl/N-ethyl adjacent to an activating group) is 1. The Balaban J connectivity index is 2.16. The fourth-order valence-corrected chi connectivity index (χ4v) is 3.10. The first-order chi connectivity index (χ1) is 8.49. The molecule has 1 aliphatic rings. The third-order valence-corrected chi connectivity index (χ3v) is 4.36. The van der Waals surface area contributed by atoms with Gasteiger partial charge in [-0.1, -0.05) is 0 Å². The zero-order valence-corrected chi connectivity index (χ0v) is 12.0. The number of nitrogens with two attached hydrogens (primary N) is 1. The van der Waals surface area contributed by atoms with E-state index in [-0.39, 0.29) is 5.91 Å². The number of amides is 1. The largest absolute Gasteiger partial charge is 0.397 e. The molecule has 18 heavy (non-hydrogen) atoms. The summed E-state index contributed by atoms with van der Waals surface area (Å²) in [5.41, 5.74) is 6.53. The third-order valence-electron chi connectivity index (χ3n) is 3.16. The van der Waals surface area contributed by atoms with Crippen LogP contribution in [-0.2, 0) is 0 Å². The van der Waals surface area contributed by atoms with Crippen LogP contribution in [0.4, 0.5) is 10.7 Å². The summed E-state index contributed by atoms with van der Waals surface area (Å²) in [4.78, 5) is 18.8. The Morgan fingerprint density at radius 2 is 1.94 bits per heavy atom. The summed E-state index contributed by atoms with van der Waals surface area (Å²) in [5.74, 6) is -0.0159. The summed E-state index contributed by atoms with van der Waals surface area (Å²) in [6, 6.07) is 1.92. The maximum Gasteiger partial charge on any atom is 0.265 e. The van der Waals surface area contributed by atoms with Crippen molar-refractivity contribution in [3.05, 3.63) is 10.9 Å². The molecule has 0 radical (unpaired) electrons. The predicted octanol–water partition coefficient (Wildman–Crippen LogP) is 0.784. The molecule has 2 heterocycles. The van der Waals surface area contributed by atoms with Gasteiger partial charge in [-0.15, -0.1) is 11.3 Å². The molecule has 1 amide bonds. The molecular weight excluding hydrogens is 248 g/mol. The van der Waals surface area contributed by atoms with Crippen LogP contribution in [0.2, 0.25) is 0 Å². The summed E-state index contributed by atoms with van der Waals surface area (Å²) in [6.07, 6.45) is 0. The summed E-state index contributed by atoms with van der Waals surface area (Å²) >= 11 is 1.49. The topological polar surface area (TPSA) is 52.8 Å². The molecule has 1 aromatic rings. The number of hydrogen-bond donors (Lipinski definition) is 1. The Morgan fingerprint density at radius 3 is 2.50 bits per heavy atom. The van der Waals surface area contributed by atoms with Gasteiger partial charge >= 0.3 is 0 Å². The average Bonchev–Trinajstić information content (AvgIpc) is 2.71. The monoisotopic (exact) mass is 268 g/mol. The minimum atomic E-state index is -0.0159. The Bertz CT molecular complexity index is 435. The van der Waals surface area contributed by atoms with Crippen molar-refractivity contribution in [3.8, 4) is 0 Å². The molecule has 1 fully saturated rings. The Kier molecular flexibility index (Phi) is 3.77. The second kappa shape index (κ2) is 5.16. The van der Waals surface area contributed by atoms with Crippen molar-refractivity contribution in [2.24, 2.45) is 0 Å². The first kappa shape index (κ1) is 13.2. The number of hydrogen-bond acceptors (Lipinski definition) is 5. The zero-order valence-electron chi connectivity index (χ0n) is 11.1. The third kappa shape index (κ3) is 2.59. The van der Waals surface area contributed by atoms with Crippen molar-refractivity contribution in [2.45, 2.75) is 0 Å². The second-order valence-electron chi connectivity index (χ2n) is 4.86. The van der Waals surface area contributed by atoms with Gasteiger partial charge < -0.3 is 20.4 Å². The van der Waals surface area contributed by atoms with Crippen LogP contribution in [0.3, 0.4) is 0 Å². The van der Waals surface area contributed by atoms with Gasteiger partial charge in [-0.05, 0) is 13.1 Å². The number of carbonyl (C=O) groups is 1. The van der Waals surface area contributed by atoms with Crippen molar-refractivity contribution in [2.75, 3.05) is 58.0 Å². The fraction of sp³-hybridized carbons (Fsp3) is 0.583. The average molecular weight is 268 g/mol. The summed E-state index contributed by atoms with van der Waals surface area (Å²) < 4.78 is 0. The zero-order chi connectivity index (χ0) is 13.3. The van der Waals surface area contributed by atoms with Crippen LogP contribution in [0.15, 0.2) is 6.07 Å². The molecule has 0 aliphatic carbocycles. The van der Waals surface area contributed by atoms with Crippen LogP contribution in [0.1, 0.15) is 9.67 Å². The molecule has 0 atom stereocenters. The molecule has 1 saturated heterocycles. The Hall–Kier alpha value is -1.27. The van der Waals surface area contributed by atoms with Gasteiger partial charge in [0.25, 0.3) is 5.91 Å². The van der Waals surface area contributed by atoms with Crippen molar-refractivity contribution in [1.29, 1.82) is 0 Å². The van der Waals surface area contributed by atoms with Gasteiger partial charge in [0.15, 0.2) is 0 Å². The van der Waals surface area contributed by atoms with Gasteiger partial charge in [0, 0.05) is 40.3 Å². The molecule has 1 aromatic heterocycles. The van der Waals surface area contributed by atoms with E-state index >= 15 is 0 Å². The highest BCUT2D eigenvalue weighted by Gasteiger charge is 2.21. The molecule has 0 bridgehead atoms. The Labute approximate surface area is 112 Å². The number of carbonyl (C=O) groups excluding carboxylic acids is 1. The van der Waals surface area contributed by atoms with E-state index < -0.39 is 0 Å². The lowest BCUT2D eigenvalue weighted by Crippen LogP contribution is -2.44. The van der Waals surface area contributed by atoms with E-state index in [0.29, 0.717) is 10.6 Å². The standard InChI is InChI=1S/C12H20N4OS/c1-14(2)12(17)11-9(13)8-10(18-11)16-6-4-15(3)5-7-16/h8H,4-7,13H2,1-3H3. The van der Waals surface area contributed by atoms with E-state index in [1.807, 2.05) is 6.07 Å². The first-order valence-electron chi connectivity index (χ1n) is 6.03. The predicted molar refractivity (Wildman–Crippen MR) is 76.5 cm³/mol. The molecule has 2 N–H and O–H groups in total. The Morgan fingerprint density at radius 1 is 1.33 bits per heavy atom. The van der Waals surface area contributed by atoms with Gasteiger partial charge in [0.1, 0.15) is 4.88 Å². The molecule has 100 valence electrons. The van der Waals surface area contributed by atoms with Crippen molar-refractivity contribution in [3.63, 3.8) is 0 Å². The van der Waals surface area contributed by atoms with E-state index in [1.54, 1.807) is 19.0 Å². The van der Waals surface area contributed by atoms with Crippen molar-refractivity contribution in [1.82, 2.24) is 9.80 Å². The van der Waals surface area contributed by atoms with Crippen molar-refractivity contribution < 1.29 is 4.79 Å². The van der Waals surface area contributed by atoms with Crippen LogP contribution in [0.5, 0.6) is 0 Å². The van der Waals surface area contributed by atoms with Crippen molar-refractivity contribution >= 4 is 27.9 Å². The van der Waals surface area contributed by atoms with E-state index in [9.17, 15) is 4.79 Å². The number of nitrogens with zero attached hydrogens (tertiary/aromatic N) is 3. The molecule has 2 rings (SSSR count). The van der Waals surface area contributed by atoms with E-state index in [4.69, 9.17) is 5.73 Å². The highest BCUT2D eigenvalue weighted by Crippen LogP contribution is 2.33. The lowest BCUT2D eigenvalue weighted by Gasteiger charge is -2.32. The summed E-state index contributed by atoms with van der Waals surface area (Å²) in [5, 5.41) is 1.10. The fourth-order valence-electron chi connectivity index (χ4n) is 1.94. The van der Waals surface area contributed by atoms with Crippen LogP contribution < -0.4 is 10.6 Å².